The minimum Gasteiger partial charge on any atom is -0.330 e. The Bertz CT molecular complexity index is 515. The van der Waals surface area contributed by atoms with Crippen molar-refractivity contribution in [3.8, 4) is 0 Å². The fourth-order valence-corrected chi connectivity index (χ4v) is 4.52. The minimum atomic E-state index is -2.88. The van der Waals surface area contributed by atoms with E-state index in [4.69, 9.17) is 5.73 Å². The zero-order chi connectivity index (χ0) is 13.2. The van der Waals surface area contributed by atoms with Gasteiger partial charge in [0.15, 0.2) is 9.84 Å². The van der Waals surface area contributed by atoms with Crippen LogP contribution in [-0.2, 0) is 16.3 Å². The van der Waals surface area contributed by atoms with Crippen molar-refractivity contribution in [3.05, 3.63) is 35.6 Å². The van der Waals surface area contributed by atoms with E-state index in [9.17, 15) is 12.8 Å². The van der Waals surface area contributed by atoms with Crippen LogP contribution in [0.2, 0.25) is 0 Å². The van der Waals surface area contributed by atoms with E-state index in [0.29, 0.717) is 19.4 Å². The monoisotopic (exact) mass is 271 g/mol. The van der Waals surface area contributed by atoms with Gasteiger partial charge in [0, 0.05) is 0 Å². The molecule has 18 heavy (non-hydrogen) atoms. The van der Waals surface area contributed by atoms with Gasteiger partial charge in [0.1, 0.15) is 5.82 Å². The summed E-state index contributed by atoms with van der Waals surface area (Å²) < 4.78 is 36.0. The number of benzene rings is 1. The van der Waals surface area contributed by atoms with E-state index < -0.39 is 9.84 Å². The highest BCUT2D eigenvalue weighted by Gasteiger charge is 2.32. The first kappa shape index (κ1) is 13.5. The molecule has 1 aromatic carbocycles. The van der Waals surface area contributed by atoms with E-state index in [2.05, 4.69) is 0 Å². The van der Waals surface area contributed by atoms with Gasteiger partial charge in [0.25, 0.3) is 0 Å². The number of sulfone groups is 1. The van der Waals surface area contributed by atoms with Gasteiger partial charge in [0.05, 0.1) is 11.5 Å². The van der Waals surface area contributed by atoms with Crippen LogP contribution < -0.4 is 5.73 Å². The molecule has 1 aromatic rings. The molecule has 2 N–H and O–H groups in total. The van der Waals surface area contributed by atoms with Gasteiger partial charge >= 0.3 is 0 Å². The second-order valence-corrected chi connectivity index (χ2v) is 7.22. The second kappa shape index (κ2) is 5.36. The molecule has 1 aliphatic rings. The SMILES string of the molecule is NCC(Cc1cccc(F)c1)C1CCS(=O)(=O)C1. The van der Waals surface area contributed by atoms with Crippen molar-refractivity contribution in [1.82, 2.24) is 0 Å². The molecule has 2 rings (SSSR count). The molecule has 2 atom stereocenters. The van der Waals surface area contributed by atoms with Gasteiger partial charge in [-0.25, -0.2) is 12.8 Å². The summed E-state index contributed by atoms with van der Waals surface area (Å²) in [6.07, 6.45) is 1.33. The largest absolute Gasteiger partial charge is 0.330 e. The third-order valence-corrected chi connectivity index (χ3v) is 5.42. The summed E-state index contributed by atoms with van der Waals surface area (Å²) in [6, 6.07) is 6.42. The highest BCUT2D eigenvalue weighted by atomic mass is 32.2. The number of nitrogens with two attached hydrogens (primary N) is 1. The molecule has 0 aromatic heterocycles. The Balaban J connectivity index is 2.06. The lowest BCUT2D eigenvalue weighted by Gasteiger charge is -2.20. The van der Waals surface area contributed by atoms with E-state index in [1.165, 1.54) is 12.1 Å². The quantitative estimate of drug-likeness (QED) is 0.900. The van der Waals surface area contributed by atoms with Crippen molar-refractivity contribution >= 4 is 9.84 Å². The molecule has 1 aliphatic heterocycles. The fraction of sp³-hybridized carbons (Fsp3) is 0.538. The van der Waals surface area contributed by atoms with Gasteiger partial charge in [-0.3, -0.25) is 0 Å². The Labute approximate surface area is 107 Å². The third-order valence-electron chi connectivity index (χ3n) is 3.62. The average Bonchev–Trinajstić information content (AvgIpc) is 2.66. The van der Waals surface area contributed by atoms with Crippen molar-refractivity contribution in [2.75, 3.05) is 18.1 Å². The topological polar surface area (TPSA) is 60.2 Å². The highest BCUT2D eigenvalue weighted by Crippen LogP contribution is 2.28. The molecule has 1 heterocycles. The molecule has 0 saturated carbocycles. The summed E-state index contributed by atoms with van der Waals surface area (Å²) in [5.41, 5.74) is 6.62. The maximum absolute atomic E-state index is 13.1. The zero-order valence-corrected chi connectivity index (χ0v) is 11.0. The Morgan fingerprint density at radius 2 is 2.22 bits per heavy atom. The summed E-state index contributed by atoms with van der Waals surface area (Å²) in [5, 5.41) is 0. The van der Waals surface area contributed by atoms with Crippen LogP contribution in [0.5, 0.6) is 0 Å². The number of halogens is 1. The Kier molecular flexibility index (Phi) is 4.02. The number of rotatable bonds is 4. The molecule has 0 amide bonds. The zero-order valence-electron chi connectivity index (χ0n) is 10.2. The lowest BCUT2D eigenvalue weighted by Crippen LogP contribution is -2.26. The lowest BCUT2D eigenvalue weighted by atomic mass is 9.86. The summed E-state index contributed by atoms with van der Waals surface area (Å²) in [6.45, 7) is 0.441. The Hall–Kier alpha value is -0.940. The molecule has 0 bridgehead atoms. The lowest BCUT2D eigenvalue weighted by molar-refractivity contribution is 0.370. The second-order valence-electron chi connectivity index (χ2n) is 4.99. The summed E-state index contributed by atoms with van der Waals surface area (Å²) in [4.78, 5) is 0. The average molecular weight is 271 g/mol. The van der Waals surface area contributed by atoms with Gasteiger partial charge in [-0.05, 0) is 48.9 Å². The van der Waals surface area contributed by atoms with E-state index in [1.807, 2.05) is 6.07 Å². The number of hydrogen-bond donors (Lipinski definition) is 1. The molecular weight excluding hydrogens is 253 g/mol. The van der Waals surface area contributed by atoms with Crippen LogP contribution >= 0.6 is 0 Å². The Morgan fingerprint density at radius 1 is 1.44 bits per heavy atom. The van der Waals surface area contributed by atoms with Crippen molar-refractivity contribution in [2.45, 2.75) is 12.8 Å². The van der Waals surface area contributed by atoms with E-state index in [0.717, 1.165) is 5.56 Å². The van der Waals surface area contributed by atoms with Crippen molar-refractivity contribution in [2.24, 2.45) is 17.6 Å². The first-order valence-electron chi connectivity index (χ1n) is 6.15. The van der Waals surface area contributed by atoms with Crippen molar-refractivity contribution in [1.29, 1.82) is 0 Å². The molecule has 1 fully saturated rings. The number of hydrogen-bond acceptors (Lipinski definition) is 3. The van der Waals surface area contributed by atoms with Crippen LogP contribution in [0, 0.1) is 17.7 Å². The van der Waals surface area contributed by atoms with Crippen molar-refractivity contribution < 1.29 is 12.8 Å². The molecule has 0 aliphatic carbocycles. The highest BCUT2D eigenvalue weighted by molar-refractivity contribution is 7.91. The normalized spacial score (nSPS) is 24.0. The van der Waals surface area contributed by atoms with Crippen LogP contribution in [0.1, 0.15) is 12.0 Å². The van der Waals surface area contributed by atoms with Gasteiger partial charge in [-0.2, -0.15) is 0 Å². The van der Waals surface area contributed by atoms with Crippen LogP contribution in [0.15, 0.2) is 24.3 Å². The van der Waals surface area contributed by atoms with Gasteiger partial charge in [-0.1, -0.05) is 12.1 Å². The maximum atomic E-state index is 13.1. The summed E-state index contributed by atoms with van der Waals surface area (Å²) in [7, 11) is -2.88. The van der Waals surface area contributed by atoms with E-state index in [-0.39, 0.29) is 29.2 Å². The fourth-order valence-electron chi connectivity index (χ4n) is 2.60. The van der Waals surface area contributed by atoms with Crippen LogP contribution in [0.25, 0.3) is 0 Å². The van der Waals surface area contributed by atoms with Crippen LogP contribution in [-0.4, -0.2) is 26.5 Å². The predicted octanol–water partition coefficient (Wildman–Crippen LogP) is 1.38. The molecule has 1 saturated heterocycles. The molecule has 0 radical (unpaired) electrons. The molecule has 100 valence electrons. The summed E-state index contributed by atoms with van der Waals surface area (Å²) >= 11 is 0. The first-order valence-corrected chi connectivity index (χ1v) is 7.97. The van der Waals surface area contributed by atoms with Crippen LogP contribution in [0.3, 0.4) is 0 Å². The minimum absolute atomic E-state index is 0.114. The Morgan fingerprint density at radius 3 is 2.78 bits per heavy atom. The maximum Gasteiger partial charge on any atom is 0.150 e. The summed E-state index contributed by atoms with van der Waals surface area (Å²) in [5.74, 6) is 0.455. The first-order chi connectivity index (χ1) is 8.50. The standard InChI is InChI=1S/C13H18FNO2S/c14-13-3-1-2-10(7-13)6-12(8-15)11-4-5-18(16,17)9-11/h1-3,7,11-12H,4-6,8-9,15H2. The molecular formula is C13H18FNO2S. The third kappa shape index (κ3) is 3.29. The van der Waals surface area contributed by atoms with Gasteiger partial charge in [0.2, 0.25) is 0 Å². The molecule has 3 nitrogen and oxygen atoms in total. The van der Waals surface area contributed by atoms with Gasteiger partial charge in [-0.15, -0.1) is 0 Å². The van der Waals surface area contributed by atoms with E-state index in [1.54, 1.807) is 6.07 Å². The molecule has 5 heteroatoms. The van der Waals surface area contributed by atoms with E-state index >= 15 is 0 Å². The van der Waals surface area contributed by atoms with Crippen LogP contribution in [0.4, 0.5) is 4.39 Å². The smallest absolute Gasteiger partial charge is 0.150 e. The van der Waals surface area contributed by atoms with Crippen molar-refractivity contribution in [3.63, 3.8) is 0 Å². The predicted molar refractivity (Wildman–Crippen MR) is 69.4 cm³/mol. The molecule has 0 spiro atoms. The molecule has 2 unspecified atom stereocenters. The van der Waals surface area contributed by atoms with Gasteiger partial charge < -0.3 is 5.73 Å².